The molecule has 1 N–H and O–H groups in total. The summed E-state index contributed by atoms with van der Waals surface area (Å²) >= 11 is 0. The van der Waals surface area contributed by atoms with E-state index in [1.807, 2.05) is 18.2 Å². The lowest BCUT2D eigenvalue weighted by atomic mass is 10.1. The Kier molecular flexibility index (Phi) is 9.38. The van der Waals surface area contributed by atoms with Gasteiger partial charge in [0.15, 0.2) is 11.5 Å². The highest BCUT2D eigenvalue weighted by Gasteiger charge is 2.17. The summed E-state index contributed by atoms with van der Waals surface area (Å²) in [6, 6.07) is 12.1. The van der Waals surface area contributed by atoms with Crippen LogP contribution in [0.2, 0.25) is 0 Å². The van der Waals surface area contributed by atoms with Gasteiger partial charge in [-0.05, 0) is 29.7 Å². The number of aliphatic hydroxyl groups excluding tert-OH is 1. The van der Waals surface area contributed by atoms with Crippen molar-refractivity contribution in [3.05, 3.63) is 59.4 Å². The monoisotopic (exact) mass is 405 g/mol. The molecule has 2 rings (SSSR count). The minimum atomic E-state index is -0.634. The van der Waals surface area contributed by atoms with E-state index in [4.69, 9.17) is 14.2 Å². The van der Waals surface area contributed by atoms with Gasteiger partial charge in [-0.15, -0.1) is 0 Å². The van der Waals surface area contributed by atoms with Crippen LogP contribution in [0.1, 0.15) is 25.0 Å². The van der Waals surface area contributed by atoms with Crippen molar-refractivity contribution in [2.75, 3.05) is 34.0 Å². The topological polar surface area (TPSA) is 51.2 Å². The Morgan fingerprint density at radius 2 is 1.69 bits per heavy atom. The molecule has 0 radical (unpaired) electrons. The Morgan fingerprint density at radius 1 is 0.966 bits per heavy atom. The second-order valence-corrected chi connectivity index (χ2v) is 7.53. The van der Waals surface area contributed by atoms with Crippen molar-refractivity contribution in [3.63, 3.8) is 0 Å². The molecule has 0 aliphatic rings. The fraction of sp³-hybridized carbons (Fsp3) is 0.478. The van der Waals surface area contributed by atoms with E-state index in [0.29, 0.717) is 43.7 Å². The van der Waals surface area contributed by atoms with Crippen molar-refractivity contribution in [1.29, 1.82) is 0 Å². The Balaban J connectivity index is 2.14. The van der Waals surface area contributed by atoms with Crippen LogP contribution in [0.3, 0.4) is 0 Å². The Bertz CT molecular complexity index is 736. The highest BCUT2D eigenvalue weighted by atomic mass is 19.1. The molecule has 0 aromatic heterocycles. The molecule has 2 aromatic rings. The molecule has 0 heterocycles. The number of rotatable bonds is 12. The van der Waals surface area contributed by atoms with Crippen molar-refractivity contribution in [1.82, 2.24) is 4.90 Å². The number of aliphatic hydroxyl groups is 1. The lowest BCUT2D eigenvalue weighted by Crippen LogP contribution is -2.34. The summed E-state index contributed by atoms with van der Waals surface area (Å²) in [5.74, 6) is 1.48. The molecule has 0 amide bonds. The first-order valence-corrected chi connectivity index (χ1v) is 9.85. The lowest BCUT2D eigenvalue weighted by molar-refractivity contribution is 0.00543. The maximum Gasteiger partial charge on any atom is 0.165 e. The van der Waals surface area contributed by atoms with Crippen molar-refractivity contribution in [3.8, 4) is 11.5 Å². The molecule has 0 spiro atoms. The predicted octanol–water partition coefficient (Wildman–Crippen LogP) is 3.88. The molecule has 0 aliphatic heterocycles. The van der Waals surface area contributed by atoms with E-state index in [-0.39, 0.29) is 12.4 Å². The van der Waals surface area contributed by atoms with Crippen LogP contribution in [-0.4, -0.2) is 50.1 Å². The zero-order chi connectivity index (χ0) is 21.2. The maximum absolute atomic E-state index is 13.3. The number of nitrogens with zero attached hydrogens (tertiary/aromatic N) is 1. The first kappa shape index (κ1) is 23.1. The molecule has 0 aliphatic carbocycles. The molecule has 0 unspecified atom stereocenters. The number of methoxy groups -OCH3 is 2. The molecule has 2 aromatic carbocycles. The van der Waals surface area contributed by atoms with Crippen LogP contribution >= 0.6 is 0 Å². The normalized spacial score (nSPS) is 12.4. The molecular weight excluding hydrogens is 373 g/mol. The van der Waals surface area contributed by atoms with E-state index in [0.717, 1.165) is 11.1 Å². The van der Waals surface area contributed by atoms with Crippen molar-refractivity contribution in [2.24, 2.45) is 5.92 Å². The fourth-order valence-corrected chi connectivity index (χ4v) is 3.14. The highest BCUT2D eigenvalue weighted by Crippen LogP contribution is 2.31. The summed E-state index contributed by atoms with van der Waals surface area (Å²) < 4.78 is 29.8. The van der Waals surface area contributed by atoms with Gasteiger partial charge in [0.1, 0.15) is 5.82 Å². The van der Waals surface area contributed by atoms with Gasteiger partial charge in [-0.3, -0.25) is 4.90 Å². The summed E-state index contributed by atoms with van der Waals surface area (Å²) in [5.41, 5.74) is 1.91. The molecule has 1 atom stereocenters. The van der Waals surface area contributed by atoms with Crippen molar-refractivity contribution in [2.45, 2.75) is 33.0 Å². The van der Waals surface area contributed by atoms with Gasteiger partial charge in [0.25, 0.3) is 0 Å². The average Bonchev–Trinajstić information content (AvgIpc) is 2.69. The smallest absolute Gasteiger partial charge is 0.165 e. The van der Waals surface area contributed by atoms with Crippen LogP contribution in [0.4, 0.5) is 4.39 Å². The van der Waals surface area contributed by atoms with E-state index >= 15 is 0 Å². The Labute approximate surface area is 173 Å². The third-order valence-electron chi connectivity index (χ3n) is 4.43. The third-order valence-corrected chi connectivity index (χ3v) is 4.43. The van der Waals surface area contributed by atoms with Gasteiger partial charge in [-0.1, -0.05) is 38.1 Å². The number of halogens is 1. The second-order valence-electron chi connectivity index (χ2n) is 7.53. The largest absolute Gasteiger partial charge is 0.493 e. The van der Waals surface area contributed by atoms with Crippen LogP contribution < -0.4 is 9.47 Å². The van der Waals surface area contributed by atoms with Gasteiger partial charge >= 0.3 is 0 Å². The van der Waals surface area contributed by atoms with E-state index in [2.05, 4.69) is 18.7 Å². The van der Waals surface area contributed by atoms with Gasteiger partial charge in [0.05, 0.1) is 26.9 Å². The van der Waals surface area contributed by atoms with Gasteiger partial charge in [-0.2, -0.15) is 0 Å². The zero-order valence-electron chi connectivity index (χ0n) is 17.7. The van der Waals surface area contributed by atoms with Crippen LogP contribution in [-0.2, 0) is 17.8 Å². The van der Waals surface area contributed by atoms with Gasteiger partial charge in [0.2, 0.25) is 0 Å². The van der Waals surface area contributed by atoms with Crippen LogP contribution in [0.5, 0.6) is 11.5 Å². The molecule has 0 saturated carbocycles. The van der Waals surface area contributed by atoms with Crippen molar-refractivity contribution < 1.29 is 23.7 Å². The number of benzene rings is 2. The van der Waals surface area contributed by atoms with Crippen LogP contribution in [0, 0.1) is 11.7 Å². The van der Waals surface area contributed by atoms with Crippen LogP contribution in [0.15, 0.2) is 42.5 Å². The average molecular weight is 406 g/mol. The summed E-state index contributed by atoms with van der Waals surface area (Å²) in [6.45, 7) is 6.54. The molecule has 6 heteroatoms. The first-order chi connectivity index (χ1) is 13.9. The summed E-state index contributed by atoms with van der Waals surface area (Å²) in [6.07, 6.45) is -0.634. The number of para-hydroxylation sites is 1. The zero-order valence-corrected chi connectivity index (χ0v) is 17.7. The summed E-state index contributed by atoms with van der Waals surface area (Å²) in [4.78, 5) is 2.09. The van der Waals surface area contributed by atoms with Crippen molar-refractivity contribution >= 4 is 0 Å². The number of hydrogen-bond donors (Lipinski definition) is 1. The third kappa shape index (κ3) is 7.65. The maximum atomic E-state index is 13.3. The molecule has 5 nitrogen and oxygen atoms in total. The highest BCUT2D eigenvalue weighted by molar-refractivity contribution is 5.46. The first-order valence-electron chi connectivity index (χ1n) is 9.85. The van der Waals surface area contributed by atoms with E-state index < -0.39 is 6.10 Å². The lowest BCUT2D eigenvalue weighted by Gasteiger charge is -2.26. The van der Waals surface area contributed by atoms with E-state index in [1.165, 1.54) is 12.1 Å². The predicted molar refractivity (Wildman–Crippen MR) is 112 cm³/mol. The molecule has 29 heavy (non-hydrogen) atoms. The number of hydrogen-bond acceptors (Lipinski definition) is 5. The summed E-state index contributed by atoms with van der Waals surface area (Å²) in [7, 11) is 3.22. The van der Waals surface area contributed by atoms with Gasteiger partial charge in [-0.25, -0.2) is 4.39 Å². The van der Waals surface area contributed by atoms with E-state index in [9.17, 15) is 9.50 Å². The fourth-order valence-electron chi connectivity index (χ4n) is 3.14. The molecule has 0 saturated heterocycles. The summed E-state index contributed by atoms with van der Waals surface area (Å²) in [5, 5.41) is 10.5. The quantitative estimate of drug-likeness (QED) is 0.581. The standard InChI is InChI=1S/C23H32FNO4/c1-17(2)15-29-16-21(26)14-25(12-18-8-10-20(24)11-9-18)13-19-6-5-7-22(27-3)23(19)28-4/h5-11,17,21,26H,12-16H2,1-4H3/t21-/m0/s1. The number of ether oxygens (including phenoxy) is 3. The molecular formula is C23H32FNO4. The minimum Gasteiger partial charge on any atom is -0.493 e. The van der Waals surface area contributed by atoms with Gasteiger partial charge < -0.3 is 19.3 Å². The second kappa shape index (κ2) is 11.8. The molecule has 160 valence electrons. The minimum absolute atomic E-state index is 0.267. The van der Waals surface area contributed by atoms with Gasteiger partial charge in [0, 0.05) is 31.8 Å². The Morgan fingerprint density at radius 3 is 2.31 bits per heavy atom. The Hall–Kier alpha value is -2.15. The molecule has 0 fully saturated rings. The molecule has 0 bridgehead atoms. The van der Waals surface area contributed by atoms with Crippen LogP contribution in [0.25, 0.3) is 0 Å². The van der Waals surface area contributed by atoms with E-state index in [1.54, 1.807) is 26.4 Å². The SMILES string of the molecule is COc1cccc(CN(Cc2ccc(F)cc2)C[C@H](O)COCC(C)C)c1OC.